The van der Waals surface area contributed by atoms with Gasteiger partial charge in [-0.1, -0.05) is 36.4 Å². The number of nitrogens with one attached hydrogen (secondary N) is 1. The molecule has 0 spiro atoms. The predicted octanol–water partition coefficient (Wildman–Crippen LogP) is 3.55. The van der Waals surface area contributed by atoms with Crippen LogP contribution in [0.4, 0.5) is 5.69 Å². The van der Waals surface area contributed by atoms with E-state index in [0.29, 0.717) is 6.04 Å². The molecule has 0 radical (unpaired) electrons. The molecule has 0 saturated heterocycles. The minimum Gasteiger partial charge on any atom is -0.489 e. The third-order valence-corrected chi connectivity index (χ3v) is 2.98. The van der Waals surface area contributed by atoms with Gasteiger partial charge in [0.25, 0.3) is 0 Å². The van der Waals surface area contributed by atoms with Gasteiger partial charge >= 0.3 is 0 Å². The van der Waals surface area contributed by atoms with Crippen molar-refractivity contribution in [2.24, 2.45) is 0 Å². The average Bonchev–Trinajstić information content (AvgIpc) is 2.39. The van der Waals surface area contributed by atoms with E-state index in [1.807, 2.05) is 12.1 Å². The Morgan fingerprint density at radius 3 is 2.71 bits per heavy atom. The number of fused-ring (bicyclic) bond motifs is 1. The number of anilines is 1. The second kappa shape index (κ2) is 4.13. The SMILES string of the molecule is CC1COc2ccc(-c3ccccc3)cc2N1. The highest BCUT2D eigenvalue weighted by molar-refractivity contribution is 5.72. The van der Waals surface area contributed by atoms with Gasteiger partial charge < -0.3 is 10.1 Å². The summed E-state index contributed by atoms with van der Waals surface area (Å²) >= 11 is 0. The number of hydrogen-bond acceptors (Lipinski definition) is 2. The summed E-state index contributed by atoms with van der Waals surface area (Å²) in [4.78, 5) is 0. The summed E-state index contributed by atoms with van der Waals surface area (Å²) in [5.41, 5.74) is 3.54. The standard InChI is InChI=1S/C15H15NO/c1-11-10-17-15-8-7-13(9-14(15)16-11)12-5-3-2-4-6-12/h2-9,11,16H,10H2,1H3. The number of hydrogen-bond donors (Lipinski definition) is 1. The highest BCUT2D eigenvalue weighted by atomic mass is 16.5. The summed E-state index contributed by atoms with van der Waals surface area (Å²) in [6.45, 7) is 2.86. The second-order valence-electron chi connectivity index (χ2n) is 4.43. The van der Waals surface area contributed by atoms with Crippen LogP contribution in [0.15, 0.2) is 48.5 Å². The van der Waals surface area contributed by atoms with Crippen LogP contribution in [0, 0.1) is 0 Å². The van der Waals surface area contributed by atoms with Crippen molar-refractivity contribution in [3.8, 4) is 16.9 Å². The van der Waals surface area contributed by atoms with E-state index >= 15 is 0 Å². The molecular weight excluding hydrogens is 210 g/mol. The molecule has 0 amide bonds. The van der Waals surface area contributed by atoms with E-state index in [-0.39, 0.29) is 0 Å². The Morgan fingerprint density at radius 1 is 1.06 bits per heavy atom. The van der Waals surface area contributed by atoms with Gasteiger partial charge in [0.2, 0.25) is 0 Å². The molecule has 86 valence electrons. The fraction of sp³-hybridized carbons (Fsp3) is 0.200. The molecule has 0 aliphatic carbocycles. The minimum atomic E-state index is 0.369. The van der Waals surface area contributed by atoms with Crippen LogP contribution in [-0.2, 0) is 0 Å². The van der Waals surface area contributed by atoms with E-state index in [1.165, 1.54) is 11.1 Å². The maximum atomic E-state index is 5.66. The Labute approximate surface area is 101 Å². The largest absolute Gasteiger partial charge is 0.489 e. The lowest BCUT2D eigenvalue weighted by atomic mass is 10.0. The first-order valence-corrected chi connectivity index (χ1v) is 5.92. The zero-order valence-corrected chi connectivity index (χ0v) is 9.81. The fourth-order valence-electron chi connectivity index (χ4n) is 2.10. The van der Waals surface area contributed by atoms with Crippen molar-refractivity contribution in [1.82, 2.24) is 0 Å². The van der Waals surface area contributed by atoms with Crippen molar-refractivity contribution in [3.63, 3.8) is 0 Å². The summed E-state index contributed by atoms with van der Waals surface area (Å²) < 4.78 is 5.66. The summed E-state index contributed by atoms with van der Waals surface area (Å²) in [6.07, 6.45) is 0. The van der Waals surface area contributed by atoms with Crippen molar-refractivity contribution in [2.75, 3.05) is 11.9 Å². The Balaban J connectivity index is 2.01. The fourth-order valence-corrected chi connectivity index (χ4v) is 2.10. The molecule has 0 aromatic heterocycles. The molecule has 17 heavy (non-hydrogen) atoms. The average molecular weight is 225 g/mol. The third-order valence-electron chi connectivity index (χ3n) is 2.98. The first-order valence-electron chi connectivity index (χ1n) is 5.92. The summed E-state index contributed by atoms with van der Waals surface area (Å²) in [7, 11) is 0. The molecule has 1 atom stereocenters. The van der Waals surface area contributed by atoms with Crippen LogP contribution in [-0.4, -0.2) is 12.6 Å². The number of benzene rings is 2. The van der Waals surface area contributed by atoms with Crippen molar-refractivity contribution < 1.29 is 4.74 Å². The van der Waals surface area contributed by atoms with Gasteiger partial charge in [0, 0.05) is 0 Å². The Hall–Kier alpha value is -1.96. The van der Waals surface area contributed by atoms with Crippen LogP contribution >= 0.6 is 0 Å². The lowest BCUT2D eigenvalue weighted by Gasteiger charge is -2.25. The topological polar surface area (TPSA) is 21.3 Å². The van der Waals surface area contributed by atoms with E-state index < -0.39 is 0 Å². The molecular formula is C15H15NO. The van der Waals surface area contributed by atoms with Crippen LogP contribution in [0.2, 0.25) is 0 Å². The lowest BCUT2D eigenvalue weighted by Crippen LogP contribution is -2.28. The van der Waals surface area contributed by atoms with E-state index in [1.54, 1.807) is 0 Å². The van der Waals surface area contributed by atoms with Gasteiger partial charge in [0.15, 0.2) is 0 Å². The summed E-state index contributed by atoms with van der Waals surface area (Å²) in [5.74, 6) is 0.947. The molecule has 0 fully saturated rings. The van der Waals surface area contributed by atoms with Crippen LogP contribution < -0.4 is 10.1 Å². The zero-order chi connectivity index (χ0) is 11.7. The van der Waals surface area contributed by atoms with Crippen molar-refractivity contribution in [3.05, 3.63) is 48.5 Å². The molecule has 2 aromatic carbocycles. The Bertz CT molecular complexity index is 522. The van der Waals surface area contributed by atoms with Crippen LogP contribution in [0.3, 0.4) is 0 Å². The van der Waals surface area contributed by atoms with Gasteiger partial charge in [0.05, 0.1) is 11.7 Å². The maximum absolute atomic E-state index is 5.66. The molecule has 2 heteroatoms. The smallest absolute Gasteiger partial charge is 0.142 e. The second-order valence-corrected chi connectivity index (χ2v) is 4.43. The lowest BCUT2D eigenvalue weighted by molar-refractivity contribution is 0.292. The van der Waals surface area contributed by atoms with Crippen molar-refractivity contribution in [2.45, 2.75) is 13.0 Å². The molecule has 0 bridgehead atoms. The predicted molar refractivity (Wildman–Crippen MR) is 70.5 cm³/mol. The van der Waals surface area contributed by atoms with Crippen LogP contribution in [0.25, 0.3) is 11.1 Å². The monoisotopic (exact) mass is 225 g/mol. The van der Waals surface area contributed by atoms with E-state index in [4.69, 9.17) is 4.74 Å². The molecule has 1 N–H and O–H groups in total. The van der Waals surface area contributed by atoms with E-state index in [0.717, 1.165) is 18.0 Å². The summed E-state index contributed by atoms with van der Waals surface area (Å²) in [5, 5.41) is 3.44. The van der Waals surface area contributed by atoms with Crippen LogP contribution in [0.5, 0.6) is 5.75 Å². The molecule has 2 aromatic rings. The highest BCUT2D eigenvalue weighted by Gasteiger charge is 2.15. The molecule has 1 aliphatic heterocycles. The van der Waals surface area contributed by atoms with Gasteiger partial charge in [-0.2, -0.15) is 0 Å². The maximum Gasteiger partial charge on any atom is 0.142 e. The van der Waals surface area contributed by atoms with Gasteiger partial charge in [-0.25, -0.2) is 0 Å². The molecule has 3 rings (SSSR count). The van der Waals surface area contributed by atoms with Gasteiger partial charge in [0.1, 0.15) is 12.4 Å². The first kappa shape index (κ1) is 10.2. The van der Waals surface area contributed by atoms with E-state index in [2.05, 4.69) is 48.6 Å². The molecule has 2 nitrogen and oxygen atoms in total. The van der Waals surface area contributed by atoms with Gasteiger partial charge in [-0.05, 0) is 30.2 Å². The van der Waals surface area contributed by atoms with Crippen molar-refractivity contribution in [1.29, 1.82) is 0 Å². The first-order chi connectivity index (χ1) is 8.33. The normalized spacial score (nSPS) is 17.8. The Kier molecular flexibility index (Phi) is 2.48. The summed E-state index contributed by atoms with van der Waals surface area (Å²) in [6, 6.07) is 17.0. The quantitative estimate of drug-likeness (QED) is 0.801. The van der Waals surface area contributed by atoms with E-state index in [9.17, 15) is 0 Å². The van der Waals surface area contributed by atoms with Gasteiger partial charge in [-0.3, -0.25) is 0 Å². The number of ether oxygens (including phenoxy) is 1. The molecule has 1 heterocycles. The molecule has 0 saturated carbocycles. The van der Waals surface area contributed by atoms with Gasteiger partial charge in [-0.15, -0.1) is 0 Å². The van der Waals surface area contributed by atoms with Crippen LogP contribution in [0.1, 0.15) is 6.92 Å². The third kappa shape index (κ3) is 1.98. The number of rotatable bonds is 1. The minimum absolute atomic E-state index is 0.369. The highest BCUT2D eigenvalue weighted by Crippen LogP contribution is 2.33. The zero-order valence-electron chi connectivity index (χ0n) is 9.81. The molecule has 1 unspecified atom stereocenters. The van der Waals surface area contributed by atoms with Crippen molar-refractivity contribution >= 4 is 5.69 Å². The molecule has 1 aliphatic rings. The Morgan fingerprint density at radius 2 is 1.88 bits per heavy atom.